The van der Waals surface area contributed by atoms with Crippen molar-refractivity contribution >= 4 is 0 Å². The molecule has 3 heteroatoms. The molecule has 0 amide bonds. The SMILES string of the molecule is [O-][N+]#CCCCCn1cccc1. The van der Waals surface area contributed by atoms with Gasteiger partial charge in [0.2, 0.25) is 0 Å². The van der Waals surface area contributed by atoms with E-state index in [2.05, 4.69) is 15.6 Å². The Labute approximate surface area is 72.0 Å². The molecule has 1 aromatic rings. The van der Waals surface area contributed by atoms with Gasteiger partial charge in [-0.1, -0.05) is 0 Å². The van der Waals surface area contributed by atoms with Crippen molar-refractivity contribution in [3.05, 3.63) is 34.7 Å². The first kappa shape index (κ1) is 8.66. The maximum atomic E-state index is 9.63. The summed E-state index contributed by atoms with van der Waals surface area (Å²) in [6.45, 7) is 1.01. The van der Waals surface area contributed by atoms with Gasteiger partial charge in [-0.25, -0.2) is 0 Å². The topological polar surface area (TPSA) is 32.3 Å². The first-order chi connectivity index (χ1) is 5.93. The number of aryl methyl sites for hydroxylation is 1. The van der Waals surface area contributed by atoms with Gasteiger partial charge in [-0.3, -0.25) is 0 Å². The highest BCUT2D eigenvalue weighted by atomic mass is 16.4. The minimum absolute atomic E-state index is 0.671. The molecule has 0 aromatic carbocycles. The van der Waals surface area contributed by atoms with Crippen molar-refractivity contribution < 1.29 is 0 Å². The maximum Gasteiger partial charge on any atom is 0.298 e. The highest BCUT2D eigenvalue weighted by Gasteiger charge is 1.90. The summed E-state index contributed by atoms with van der Waals surface area (Å²) in [7, 11) is 0. The number of hydrogen-bond acceptors (Lipinski definition) is 1. The molecule has 1 aromatic heterocycles. The van der Waals surface area contributed by atoms with Crippen molar-refractivity contribution in [1.82, 2.24) is 4.57 Å². The van der Waals surface area contributed by atoms with Gasteiger partial charge in [0, 0.05) is 23.9 Å². The predicted molar refractivity (Wildman–Crippen MR) is 48.9 cm³/mol. The molecule has 0 bridgehead atoms. The van der Waals surface area contributed by atoms with Crippen molar-refractivity contribution in [2.45, 2.75) is 25.8 Å². The van der Waals surface area contributed by atoms with E-state index < -0.39 is 0 Å². The minimum atomic E-state index is 0.671. The van der Waals surface area contributed by atoms with Gasteiger partial charge < -0.3 is 9.77 Å². The fourth-order valence-corrected chi connectivity index (χ4v) is 1.06. The van der Waals surface area contributed by atoms with Crippen LogP contribution in [0.1, 0.15) is 19.3 Å². The molecule has 0 spiro atoms. The molecule has 0 N–H and O–H groups in total. The van der Waals surface area contributed by atoms with E-state index in [9.17, 15) is 5.21 Å². The lowest BCUT2D eigenvalue weighted by Gasteiger charge is -1.98. The van der Waals surface area contributed by atoms with Crippen molar-refractivity contribution in [3.8, 4) is 6.07 Å². The van der Waals surface area contributed by atoms with Crippen molar-refractivity contribution in [2.75, 3.05) is 0 Å². The number of hydrogen-bond donors (Lipinski definition) is 0. The van der Waals surface area contributed by atoms with Crippen LogP contribution in [0.3, 0.4) is 0 Å². The molecule has 0 aliphatic heterocycles. The smallest absolute Gasteiger partial charge is 0.298 e. The van der Waals surface area contributed by atoms with E-state index >= 15 is 0 Å². The van der Waals surface area contributed by atoms with Crippen LogP contribution in [0, 0.1) is 11.3 Å². The molecule has 0 aliphatic carbocycles. The van der Waals surface area contributed by atoms with Crippen molar-refractivity contribution in [3.63, 3.8) is 0 Å². The molecular weight excluding hydrogens is 152 g/mol. The number of nitrogens with zero attached hydrogens (tertiary/aromatic N) is 2. The van der Waals surface area contributed by atoms with Gasteiger partial charge in [-0.2, -0.15) is 0 Å². The second-order valence-corrected chi connectivity index (χ2v) is 2.63. The number of unbranched alkanes of at least 4 members (excludes halogenated alkanes) is 2. The second-order valence-electron chi connectivity index (χ2n) is 2.63. The van der Waals surface area contributed by atoms with E-state index in [-0.39, 0.29) is 0 Å². The van der Waals surface area contributed by atoms with Crippen LogP contribution in [0.15, 0.2) is 24.5 Å². The molecule has 1 rings (SSSR count). The molecule has 12 heavy (non-hydrogen) atoms. The van der Waals surface area contributed by atoms with Crippen LogP contribution in [0.2, 0.25) is 0 Å². The van der Waals surface area contributed by atoms with E-state index in [0.29, 0.717) is 6.42 Å². The highest BCUT2D eigenvalue weighted by molar-refractivity contribution is 4.90. The molecule has 0 fully saturated rings. The molecule has 0 atom stereocenters. The van der Waals surface area contributed by atoms with Crippen LogP contribution < -0.4 is 0 Å². The molecule has 1 heterocycles. The van der Waals surface area contributed by atoms with Crippen LogP contribution in [0.4, 0.5) is 0 Å². The molecule has 0 saturated heterocycles. The zero-order valence-corrected chi connectivity index (χ0v) is 6.94. The molecule has 3 nitrogen and oxygen atoms in total. The summed E-state index contributed by atoms with van der Waals surface area (Å²) in [5.74, 6) is 0. The maximum absolute atomic E-state index is 9.63. The highest BCUT2D eigenvalue weighted by Crippen LogP contribution is 1.99. The van der Waals surface area contributed by atoms with Crippen LogP contribution in [0.5, 0.6) is 0 Å². The summed E-state index contributed by atoms with van der Waals surface area (Å²) in [6.07, 6.45) is 6.78. The quantitative estimate of drug-likeness (QED) is 0.497. The fourth-order valence-electron chi connectivity index (χ4n) is 1.06. The van der Waals surface area contributed by atoms with E-state index in [4.69, 9.17) is 0 Å². The van der Waals surface area contributed by atoms with Crippen molar-refractivity contribution in [1.29, 1.82) is 0 Å². The standard InChI is InChI=1S/C9H12N2O/c12-10-6-2-1-3-7-11-8-4-5-9-11/h4-5,8-9H,1-3,7H2. The van der Waals surface area contributed by atoms with Gasteiger partial charge in [-0.15, -0.1) is 0 Å². The molecule has 64 valence electrons. The largest absolute Gasteiger partial charge is 0.498 e. The average Bonchev–Trinajstić information content (AvgIpc) is 2.57. The minimum Gasteiger partial charge on any atom is -0.498 e. The van der Waals surface area contributed by atoms with Gasteiger partial charge in [0.1, 0.15) is 0 Å². The lowest BCUT2D eigenvalue weighted by Crippen LogP contribution is -1.92. The molecular formula is C9H12N2O. The average molecular weight is 164 g/mol. The molecule has 0 saturated carbocycles. The summed E-state index contributed by atoms with van der Waals surface area (Å²) in [5.41, 5.74) is 0. The van der Waals surface area contributed by atoms with Gasteiger partial charge in [0.15, 0.2) is 0 Å². The van der Waals surface area contributed by atoms with E-state index in [1.807, 2.05) is 24.5 Å². The first-order valence-electron chi connectivity index (χ1n) is 4.09. The predicted octanol–water partition coefficient (Wildman–Crippen LogP) is 2.49. The summed E-state index contributed by atoms with van der Waals surface area (Å²) >= 11 is 0. The summed E-state index contributed by atoms with van der Waals surface area (Å²) in [6, 6.07) is 6.40. The normalized spacial score (nSPS) is 9.00. The third-order valence-electron chi connectivity index (χ3n) is 1.69. The Hall–Kier alpha value is -1.43. The third kappa shape index (κ3) is 3.11. The van der Waals surface area contributed by atoms with Gasteiger partial charge in [0.25, 0.3) is 6.07 Å². The van der Waals surface area contributed by atoms with Gasteiger partial charge in [-0.05, 0) is 25.0 Å². The Kier molecular flexibility index (Phi) is 3.79. The molecule has 0 unspecified atom stereocenters. The summed E-state index contributed by atoms with van der Waals surface area (Å²) in [4.78, 5) is 0. The molecule has 0 aliphatic rings. The van der Waals surface area contributed by atoms with Crippen LogP contribution in [0.25, 0.3) is 5.01 Å². The van der Waals surface area contributed by atoms with Crippen LogP contribution >= 0.6 is 0 Å². The second kappa shape index (κ2) is 5.25. The molecule has 0 radical (unpaired) electrons. The zero-order valence-electron chi connectivity index (χ0n) is 6.94. The third-order valence-corrected chi connectivity index (χ3v) is 1.69. The Morgan fingerprint density at radius 1 is 1.25 bits per heavy atom. The summed E-state index contributed by atoms with van der Waals surface area (Å²) in [5, 5.41) is 12.2. The Morgan fingerprint density at radius 2 is 2.00 bits per heavy atom. The fraction of sp³-hybridized carbons (Fsp3) is 0.444. The monoisotopic (exact) mass is 164 g/mol. The first-order valence-corrected chi connectivity index (χ1v) is 4.09. The Bertz CT molecular complexity index is 256. The number of rotatable bonds is 4. The lowest BCUT2D eigenvalue weighted by atomic mass is 10.2. The van der Waals surface area contributed by atoms with E-state index in [0.717, 1.165) is 19.4 Å². The van der Waals surface area contributed by atoms with Gasteiger partial charge >= 0.3 is 0 Å². The zero-order chi connectivity index (χ0) is 8.65. The summed E-state index contributed by atoms with van der Waals surface area (Å²) < 4.78 is 2.12. The Balaban J connectivity index is 2.06. The van der Waals surface area contributed by atoms with Crippen LogP contribution in [-0.4, -0.2) is 4.57 Å². The van der Waals surface area contributed by atoms with Crippen LogP contribution in [-0.2, 0) is 6.54 Å². The lowest BCUT2D eigenvalue weighted by molar-refractivity contribution is 0.620. The Morgan fingerprint density at radius 3 is 2.67 bits per heavy atom. The van der Waals surface area contributed by atoms with Gasteiger partial charge in [0.05, 0.1) is 6.42 Å². The van der Waals surface area contributed by atoms with E-state index in [1.54, 1.807) is 0 Å². The van der Waals surface area contributed by atoms with Crippen molar-refractivity contribution in [2.24, 2.45) is 0 Å². The van der Waals surface area contributed by atoms with E-state index in [1.165, 1.54) is 0 Å². The number of aromatic nitrogens is 1.